The second-order valence-electron chi connectivity index (χ2n) is 8.15. The van der Waals surface area contributed by atoms with E-state index in [0.717, 1.165) is 0 Å². The van der Waals surface area contributed by atoms with Gasteiger partial charge in [0.1, 0.15) is 0 Å². The van der Waals surface area contributed by atoms with E-state index in [1.54, 1.807) is 11.1 Å². The minimum atomic E-state index is 0.295. The summed E-state index contributed by atoms with van der Waals surface area (Å²) in [6.45, 7) is 4.75. The topological polar surface area (TPSA) is 0 Å². The molecule has 0 bridgehead atoms. The van der Waals surface area contributed by atoms with Crippen molar-refractivity contribution < 1.29 is 15.2 Å². The van der Waals surface area contributed by atoms with Crippen molar-refractivity contribution in [1.82, 2.24) is 0 Å². The van der Waals surface area contributed by atoms with Gasteiger partial charge in [-0.05, 0) is 0 Å². The zero-order valence-corrected chi connectivity index (χ0v) is 17.9. The Morgan fingerprint density at radius 1 is 0.483 bits per heavy atom. The summed E-state index contributed by atoms with van der Waals surface area (Å²) in [5.41, 5.74) is 11.8. The van der Waals surface area contributed by atoms with Crippen LogP contribution in [0.2, 0.25) is 0 Å². The van der Waals surface area contributed by atoms with Crippen LogP contribution in [0.15, 0.2) is 84.9 Å². The maximum atomic E-state index is 2.37. The molecule has 0 N–H and O–H groups in total. The molecule has 0 heterocycles. The summed E-state index contributed by atoms with van der Waals surface area (Å²) in [7, 11) is 0. The Morgan fingerprint density at radius 2 is 0.897 bits per heavy atom. The van der Waals surface area contributed by atoms with Crippen molar-refractivity contribution >= 4 is 8.85 Å². The zero-order chi connectivity index (χ0) is 19.5. The molecule has 140 valence electrons. The van der Waals surface area contributed by atoms with Crippen molar-refractivity contribution in [3.05, 3.63) is 107 Å². The number of fused-ring (bicyclic) bond motifs is 6. The van der Waals surface area contributed by atoms with Crippen LogP contribution in [0.5, 0.6) is 0 Å². The summed E-state index contributed by atoms with van der Waals surface area (Å²) in [5.74, 6) is 0.955. The van der Waals surface area contributed by atoms with E-state index in [4.69, 9.17) is 0 Å². The summed E-state index contributed by atoms with van der Waals surface area (Å²) in [5, 5.41) is 0. The first-order chi connectivity index (χ1) is 14.2. The molecule has 0 fully saturated rings. The van der Waals surface area contributed by atoms with Gasteiger partial charge in [-0.2, -0.15) is 0 Å². The number of hydrogen-bond donors (Lipinski definition) is 0. The van der Waals surface area contributed by atoms with Gasteiger partial charge in [-0.25, -0.2) is 0 Å². The first-order valence-corrected chi connectivity index (χ1v) is 11.6. The van der Waals surface area contributed by atoms with Crippen molar-refractivity contribution in [2.75, 3.05) is 0 Å². The predicted molar refractivity (Wildman–Crippen MR) is 118 cm³/mol. The molecule has 29 heavy (non-hydrogen) atoms. The van der Waals surface area contributed by atoms with Gasteiger partial charge in [-0.15, -0.1) is 0 Å². The van der Waals surface area contributed by atoms with Gasteiger partial charge in [0, 0.05) is 0 Å². The van der Waals surface area contributed by atoms with Gasteiger partial charge < -0.3 is 0 Å². The van der Waals surface area contributed by atoms with Crippen LogP contribution in [0, 0.1) is 0 Å². The fraction of sp³-hybridized carbons (Fsp3) is 0.143. The second kappa shape index (κ2) is 6.46. The van der Waals surface area contributed by atoms with E-state index in [0.29, 0.717) is 27.1 Å². The van der Waals surface area contributed by atoms with Gasteiger partial charge in [0.05, 0.1) is 0 Å². The average Bonchev–Trinajstić information content (AvgIpc) is 3.23. The molecule has 0 saturated carbocycles. The molecular formula is C28H22Cr. The Kier molecular flexibility index (Phi) is 3.85. The van der Waals surface area contributed by atoms with Crippen molar-refractivity contribution in [3.63, 3.8) is 0 Å². The van der Waals surface area contributed by atoms with Gasteiger partial charge in [0.2, 0.25) is 0 Å². The zero-order valence-electron chi connectivity index (χ0n) is 16.6. The Balaban J connectivity index is 1.48. The Labute approximate surface area is 179 Å². The van der Waals surface area contributed by atoms with E-state index in [1.165, 1.54) is 42.2 Å². The van der Waals surface area contributed by atoms with Crippen LogP contribution in [0.25, 0.3) is 22.3 Å². The Hall–Kier alpha value is -2.59. The quantitative estimate of drug-likeness (QED) is 0.381. The van der Waals surface area contributed by atoms with Crippen molar-refractivity contribution in [3.8, 4) is 22.3 Å². The fourth-order valence-electron chi connectivity index (χ4n) is 5.30. The van der Waals surface area contributed by atoms with E-state index >= 15 is 0 Å². The molecule has 0 saturated heterocycles. The molecule has 2 aliphatic carbocycles. The number of benzene rings is 4. The molecule has 0 spiro atoms. The molecule has 2 atom stereocenters. The van der Waals surface area contributed by atoms with Crippen molar-refractivity contribution in [2.24, 2.45) is 0 Å². The number of hydrogen-bond acceptors (Lipinski definition) is 0. The van der Waals surface area contributed by atoms with Crippen LogP contribution in [-0.4, -0.2) is 0 Å². The summed E-state index contributed by atoms with van der Waals surface area (Å²) in [4.78, 5) is 0. The summed E-state index contributed by atoms with van der Waals surface area (Å²) >= 11 is 0.295. The van der Waals surface area contributed by atoms with E-state index < -0.39 is 0 Å². The summed E-state index contributed by atoms with van der Waals surface area (Å²) in [6, 6.07) is 31.7. The normalized spacial score (nSPS) is 18.1. The molecule has 6 rings (SSSR count). The van der Waals surface area contributed by atoms with Gasteiger partial charge in [0.15, 0.2) is 0 Å². The molecular weight excluding hydrogens is 388 g/mol. The van der Waals surface area contributed by atoms with Gasteiger partial charge >= 0.3 is 179 Å². The van der Waals surface area contributed by atoms with Crippen molar-refractivity contribution in [1.29, 1.82) is 0 Å². The molecule has 0 aromatic heterocycles. The molecule has 4 aromatic carbocycles. The van der Waals surface area contributed by atoms with Crippen LogP contribution < -0.4 is 8.85 Å². The van der Waals surface area contributed by atoms with Crippen molar-refractivity contribution in [2.45, 2.75) is 25.7 Å². The van der Waals surface area contributed by atoms with Crippen LogP contribution in [0.4, 0.5) is 0 Å². The average molecular weight is 410 g/mol. The molecule has 4 aromatic rings. The minimum absolute atomic E-state index is 0.295. The Bertz CT molecular complexity index is 1170. The fourth-order valence-corrected chi connectivity index (χ4v) is 7.37. The molecule has 0 radical (unpaired) electrons. The monoisotopic (exact) mass is 410 g/mol. The molecule has 0 nitrogen and oxygen atoms in total. The van der Waals surface area contributed by atoms with Gasteiger partial charge in [0.25, 0.3) is 0 Å². The van der Waals surface area contributed by atoms with E-state index in [9.17, 15) is 0 Å². The first kappa shape index (κ1) is 17.3. The molecule has 0 aliphatic heterocycles. The third kappa shape index (κ3) is 2.45. The summed E-state index contributed by atoms with van der Waals surface area (Å²) < 4.78 is 3.07. The number of rotatable bonds is 2. The molecule has 1 heteroatoms. The van der Waals surface area contributed by atoms with Crippen LogP contribution in [0.3, 0.4) is 0 Å². The van der Waals surface area contributed by atoms with Gasteiger partial charge in [-0.1, -0.05) is 0 Å². The van der Waals surface area contributed by atoms with Crippen LogP contribution in [0.1, 0.15) is 47.9 Å². The van der Waals surface area contributed by atoms with E-state index in [1.807, 2.05) is 0 Å². The van der Waals surface area contributed by atoms with Gasteiger partial charge in [-0.3, -0.25) is 0 Å². The molecule has 2 aliphatic rings. The van der Waals surface area contributed by atoms with E-state index in [2.05, 4.69) is 98.8 Å². The summed E-state index contributed by atoms with van der Waals surface area (Å²) in [6.07, 6.45) is 0. The third-order valence-corrected chi connectivity index (χ3v) is 8.45. The second-order valence-corrected chi connectivity index (χ2v) is 9.85. The third-order valence-electron chi connectivity index (χ3n) is 6.65. The van der Waals surface area contributed by atoms with E-state index in [-0.39, 0.29) is 0 Å². The molecule has 0 amide bonds. The van der Waals surface area contributed by atoms with Crippen LogP contribution >= 0.6 is 0 Å². The van der Waals surface area contributed by atoms with Crippen LogP contribution in [-0.2, 0) is 15.2 Å². The Morgan fingerprint density at radius 3 is 1.38 bits per heavy atom. The molecule has 2 unspecified atom stereocenters. The predicted octanol–water partition coefficient (Wildman–Crippen LogP) is 5.98. The first-order valence-electron chi connectivity index (χ1n) is 10.4. The SMILES string of the molecule is CC1c2ccccc2-c2ccc[c]([Cr][c]3cccc4c3C(C)c3ccccc3-4)c21. The maximum absolute atomic E-state index is 2.37. The standard InChI is InChI=1S/2C14H11.Cr/c2*1-10-11-6-2-4-8-13(11)14-9-5-3-7-12(10)14;/h2*2-6,8-10H,1H3;.